The number of benzene rings is 1. The summed E-state index contributed by atoms with van der Waals surface area (Å²) < 4.78 is 5.62. The summed E-state index contributed by atoms with van der Waals surface area (Å²) >= 11 is 1.85. The molecule has 1 aromatic heterocycles. The maximum absolute atomic E-state index is 5.62. The Bertz CT molecular complexity index is 668. The van der Waals surface area contributed by atoms with Gasteiger partial charge in [-0.25, -0.2) is 0 Å². The van der Waals surface area contributed by atoms with Gasteiger partial charge in [-0.15, -0.1) is 35.3 Å². The Morgan fingerprint density at radius 3 is 2.19 bits per heavy atom. The second kappa shape index (κ2) is 12.3. The molecule has 26 heavy (non-hydrogen) atoms. The zero-order valence-electron chi connectivity index (χ0n) is 16.0. The predicted octanol–water partition coefficient (Wildman–Crippen LogP) is 4.72. The topological polar surface area (TPSA) is 45.7 Å². The van der Waals surface area contributed by atoms with Crippen molar-refractivity contribution in [1.29, 1.82) is 0 Å². The third-order valence-electron chi connectivity index (χ3n) is 3.79. The average molecular weight is 487 g/mol. The summed E-state index contributed by atoms with van der Waals surface area (Å²) in [5.74, 6) is 0.818. The van der Waals surface area contributed by atoms with Crippen LogP contribution in [-0.4, -0.2) is 19.1 Å². The molecule has 1 heterocycles. The van der Waals surface area contributed by atoms with E-state index in [4.69, 9.17) is 4.74 Å². The lowest BCUT2D eigenvalue weighted by molar-refractivity contribution is 0.0657. The number of thiophene rings is 1. The first-order valence-electron chi connectivity index (χ1n) is 8.82. The fraction of sp³-hybridized carbons (Fsp3) is 0.450. The number of ether oxygens (including phenoxy) is 1. The third-order valence-corrected chi connectivity index (χ3v) is 5.02. The van der Waals surface area contributed by atoms with Crippen LogP contribution >= 0.6 is 35.3 Å². The van der Waals surface area contributed by atoms with Gasteiger partial charge in [0, 0.05) is 23.3 Å². The van der Waals surface area contributed by atoms with Crippen molar-refractivity contribution in [1.82, 2.24) is 10.6 Å². The molecule has 0 aliphatic heterocycles. The molecule has 0 saturated heterocycles. The zero-order chi connectivity index (χ0) is 18.1. The Hall–Kier alpha value is -1.12. The van der Waals surface area contributed by atoms with Gasteiger partial charge in [-0.3, -0.25) is 4.99 Å². The number of aliphatic imine (C=N–C) groups is 1. The van der Waals surface area contributed by atoms with Crippen LogP contribution in [0.5, 0.6) is 0 Å². The van der Waals surface area contributed by atoms with Gasteiger partial charge in [0.05, 0.1) is 19.3 Å². The van der Waals surface area contributed by atoms with E-state index in [0.717, 1.165) is 25.5 Å². The maximum atomic E-state index is 5.62. The van der Waals surface area contributed by atoms with Crippen molar-refractivity contribution >= 4 is 41.3 Å². The third kappa shape index (κ3) is 8.05. The van der Waals surface area contributed by atoms with E-state index in [-0.39, 0.29) is 30.1 Å². The lowest BCUT2D eigenvalue weighted by Crippen LogP contribution is -2.36. The molecular formula is C20H30IN3OS. The molecule has 0 radical (unpaired) electrons. The molecular weight excluding hydrogens is 457 g/mol. The lowest BCUT2D eigenvalue weighted by atomic mass is 10.1. The molecule has 0 aliphatic carbocycles. The number of guanidine groups is 1. The molecule has 1 aromatic carbocycles. The van der Waals surface area contributed by atoms with E-state index in [0.29, 0.717) is 6.61 Å². The van der Waals surface area contributed by atoms with Gasteiger partial charge in [0.25, 0.3) is 0 Å². The number of halogens is 1. The van der Waals surface area contributed by atoms with E-state index in [2.05, 4.69) is 72.8 Å². The standard InChI is InChI=1S/C20H29N3OS.HI/c1-5-18-10-11-19(25-18)13-23-20(21-4)22-12-16-6-8-17(9-7-16)14-24-15(2)3;/h6-11,15H,5,12-14H2,1-4H3,(H2,21,22,23);1H. The van der Waals surface area contributed by atoms with Gasteiger partial charge in [-0.05, 0) is 43.5 Å². The van der Waals surface area contributed by atoms with Crippen molar-refractivity contribution in [3.05, 3.63) is 57.3 Å². The summed E-state index contributed by atoms with van der Waals surface area (Å²) in [6, 6.07) is 12.9. The predicted molar refractivity (Wildman–Crippen MR) is 123 cm³/mol. The van der Waals surface area contributed by atoms with E-state index >= 15 is 0 Å². The Balaban J connectivity index is 0.00000338. The van der Waals surface area contributed by atoms with E-state index in [9.17, 15) is 0 Å². The zero-order valence-corrected chi connectivity index (χ0v) is 19.2. The van der Waals surface area contributed by atoms with E-state index in [1.807, 2.05) is 11.3 Å². The van der Waals surface area contributed by atoms with Crippen LogP contribution < -0.4 is 10.6 Å². The second-order valence-electron chi connectivity index (χ2n) is 6.18. The minimum atomic E-state index is 0. The first-order valence-corrected chi connectivity index (χ1v) is 9.64. The Morgan fingerprint density at radius 2 is 1.62 bits per heavy atom. The summed E-state index contributed by atoms with van der Waals surface area (Å²) in [5, 5.41) is 6.73. The number of aryl methyl sites for hydroxylation is 1. The Kier molecular flexibility index (Phi) is 10.8. The van der Waals surface area contributed by atoms with Crippen molar-refractivity contribution in [2.24, 2.45) is 4.99 Å². The normalized spacial score (nSPS) is 11.3. The molecule has 0 fully saturated rings. The molecule has 144 valence electrons. The summed E-state index contributed by atoms with van der Waals surface area (Å²) in [7, 11) is 1.80. The number of hydrogen-bond acceptors (Lipinski definition) is 3. The number of rotatable bonds is 8. The van der Waals surface area contributed by atoms with Crippen molar-refractivity contribution in [3.8, 4) is 0 Å². The summed E-state index contributed by atoms with van der Waals surface area (Å²) in [6.45, 7) is 8.50. The van der Waals surface area contributed by atoms with Gasteiger partial charge in [0.2, 0.25) is 0 Å². The SMILES string of the molecule is CCc1ccc(CNC(=NC)NCc2ccc(COC(C)C)cc2)s1.I. The van der Waals surface area contributed by atoms with Gasteiger partial charge in [0.1, 0.15) is 0 Å². The lowest BCUT2D eigenvalue weighted by Gasteiger charge is -2.12. The van der Waals surface area contributed by atoms with E-state index in [1.165, 1.54) is 20.9 Å². The quantitative estimate of drug-likeness (QED) is 0.322. The van der Waals surface area contributed by atoms with Crippen LogP contribution in [0.1, 0.15) is 41.7 Å². The van der Waals surface area contributed by atoms with Crippen molar-refractivity contribution in [2.45, 2.75) is 53.0 Å². The molecule has 2 rings (SSSR count). The van der Waals surface area contributed by atoms with E-state index in [1.54, 1.807) is 7.05 Å². The molecule has 0 bridgehead atoms. The molecule has 6 heteroatoms. The van der Waals surface area contributed by atoms with Crippen LogP contribution in [0.15, 0.2) is 41.4 Å². The number of nitrogens with one attached hydrogen (secondary N) is 2. The van der Waals surface area contributed by atoms with E-state index < -0.39 is 0 Å². The fourth-order valence-electron chi connectivity index (χ4n) is 2.30. The molecule has 2 aromatic rings. The van der Waals surface area contributed by atoms with Crippen LogP contribution in [0.4, 0.5) is 0 Å². The summed E-state index contributed by atoms with van der Waals surface area (Å²) in [4.78, 5) is 7.04. The summed E-state index contributed by atoms with van der Waals surface area (Å²) in [5.41, 5.74) is 2.42. The Labute approximate surface area is 178 Å². The van der Waals surface area contributed by atoms with Gasteiger partial charge >= 0.3 is 0 Å². The van der Waals surface area contributed by atoms with Crippen LogP contribution in [0.25, 0.3) is 0 Å². The first kappa shape index (κ1) is 22.9. The molecule has 0 amide bonds. The highest BCUT2D eigenvalue weighted by Crippen LogP contribution is 2.16. The average Bonchev–Trinajstić information content (AvgIpc) is 3.09. The molecule has 0 saturated carbocycles. The van der Waals surface area contributed by atoms with Gasteiger partial charge < -0.3 is 15.4 Å². The minimum absolute atomic E-state index is 0. The molecule has 0 atom stereocenters. The number of hydrogen-bond donors (Lipinski definition) is 2. The maximum Gasteiger partial charge on any atom is 0.191 e. The summed E-state index contributed by atoms with van der Waals surface area (Å²) in [6.07, 6.45) is 1.35. The Morgan fingerprint density at radius 1 is 1.00 bits per heavy atom. The second-order valence-corrected chi connectivity index (χ2v) is 7.43. The van der Waals surface area contributed by atoms with Crippen molar-refractivity contribution in [3.63, 3.8) is 0 Å². The highest BCUT2D eigenvalue weighted by Gasteiger charge is 2.02. The van der Waals surface area contributed by atoms with Gasteiger partial charge in [-0.1, -0.05) is 31.2 Å². The van der Waals surface area contributed by atoms with Crippen LogP contribution in [0, 0.1) is 0 Å². The van der Waals surface area contributed by atoms with Gasteiger partial charge in [-0.2, -0.15) is 0 Å². The van der Waals surface area contributed by atoms with Crippen LogP contribution in [-0.2, 0) is 30.9 Å². The molecule has 0 spiro atoms. The smallest absolute Gasteiger partial charge is 0.191 e. The van der Waals surface area contributed by atoms with Crippen LogP contribution in [0.2, 0.25) is 0 Å². The largest absolute Gasteiger partial charge is 0.374 e. The molecule has 4 nitrogen and oxygen atoms in total. The first-order chi connectivity index (χ1) is 12.1. The monoisotopic (exact) mass is 487 g/mol. The molecule has 0 aliphatic rings. The minimum Gasteiger partial charge on any atom is -0.374 e. The van der Waals surface area contributed by atoms with Crippen molar-refractivity contribution < 1.29 is 4.74 Å². The highest BCUT2D eigenvalue weighted by molar-refractivity contribution is 14.0. The van der Waals surface area contributed by atoms with Crippen molar-refractivity contribution in [2.75, 3.05) is 7.05 Å². The van der Waals surface area contributed by atoms with Gasteiger partial charge in [0.15, 0.2) is 5.96 Å². The molecule has 2 N–H and O–H groups in total. The van der Waals surface area contributed by atoms with Crippen LogP contribution in [0.3, 0.4) is 0 Å². The molecule has 0 unspecified atom stereocenters. The highest BCUT2D eigenvalue weighted by atomic mass is 127. The fourth-order valence-corrected chi connectivity index (χ4v) is 3.20. The number of nitrogens with zero attached hydrogens (tertiary/aromatic N) is 1.